The Hall–Kier alpha value is -3.07. The van der Waals surface area contributed by atoms with Gasteiger partial charge < -0.3 is 10.6 Å². The maximum absolute atomic E-state index is 14.1. The molecule has 1 fully saturated rings. The summed E-state index contributed by atoms with van der Waals surface area (Å²) in [5.41, 5.74) is 0.588. The first-order valence-electron chi connectivity index (χ1n) is 10.2. The molecule has 3 rings (SSSR count). The molecule has 1 aliphatic carbocycles. The summed E-state index contributed by atoms with van der Waals surface area (Å²) in [7, 11) is 0. The zero-order valence-corrected chi connectivity index (χ0v) is 18.1. The van der Waals surface area contributed by atoms with Gasteiger partial charge in [-0.15, -0.1) is 11.3 Å². The lowest BCUT2D eigenvalue weighted by Crippen LogP contribution is -2.35. The Morgan fingerprint density at radius 1 is 1.26 bits per heavy atom. The van der Waals surface area contributed by atoms with E-state index in [1.54, 1.807) is 17.5 Å². The number of nitrogens with one attached hydrogen (secondary N) is 2. The van der Waals surface area contributed by atoms with Gasteiger partial charge in [0.1, 0.15) is 5.82 Å². The number of halogens is 1. The maximum atomic E-state index is 14.1. The van der Waals surface area contributed by atoms with Crippen molar-refractivity contribution in [2.75, 3.05) is 11.4 Å². The SMILES string of the molecule is CC(=O)N(c1nc(C=CC(=O)NCCC(=O)NC2CCCC2)cs1)c1ccccc1F. The van der Waals surface area contributed by atoms with Gasteiger partial charge in [0.15, 0.2) is 5.13 Å². The van der Waals surface area contributed by atoms with E-state index in [-0.39, 0.29) is 42.4 Å². The first-order valence-corrected chi connectivity index (χ1v) is 11.1. The van der Waals surface area contributed by atoms with Gasteiger partial charge in [0.25, 0.3) is 0 Å². The number of benzene rings is 1. The molecule has 0 atom stereocenters. The van der Waals surface area contributed by atoms with Crippen LogP contribution < -0.4 is 15.5 Å². The van der Waals surface area contributed by atoms with Crippen LogP contribution in [0.2, 0.25) is 0 Å². The monoisotopic (exact) mass is 444 g/mol. The van der Waals surface area contributed by atoms with Gasteiger partial charge in [0, 0.05) is 37.4 Å². The summed E-state index contributed by atoms with van der Waals surface area (Å²) < 4.78 is 14.1. The summed E-state index contributed by atoms with van der Waals surface area (Å²) in [6.45, 7) is 1.58. The third-order valence-electron chi connectivity index (χ3n) is 4.89. The number of rotatable bonds is 8. The van der Waals surface area contributed by atoms with Crippen LogP contribution in [-0.2, 0) is 14.4 Å². The van der Waals surface area contributed by atoms with E-state index in [4.69, 9.17) is 0 Å². The molecule has 7 nitrogen and oxygen atoms in total. The highest BCUT2D eigenvalue weighted by atomic mass is 32.1. The smallest absolute Gasteiger partial charge is 0.244 e. The van der Waals surface area contributed by atoms with Crippen molar-refractivity contribution >= 4 is 46.0 Å². The molecule has 1 heterocycles. The summed E-state index contributed by atoms with van der Waals surface area (Å²) in [6.07, 6.45) is 7.39. The van der Waals surface area contributed by atoms with E-state index in [0.717, 1.165) is 25.7 Å². The Kier molecular flexibility index (Phi) is 7.88. The first kappa shape index (κ1) is 22.6. The number of hydrogen-bond acceptors (Lipinski definition) is 5. The highest BCUT2D eigenvalue weighted by Crippen LogP contribution is 2.30. The highest BCUT2D eigenvalue weighted by molar-refractivity contribution is 7.14. The summed E-state index contributed by atoms with van der Waals surface area (Å²) in [4.78, 5) is 41.4. The number of nitrogens with zero attached hydrogens (tertiary/aromatic N) is 2. The molecule has 0 aliphatic heterocycles. The van der Waals surface area contributed by atoms with Gasteiger partial charge in [0.05, 0.1) is 11.4 Å². The highest BCUT2D eigenvalue weighted by Gasteiger charge is 2.20. The van der Waals surface area contributed by atoms with Gasteiger partial charge in [0.2, 0.25) is 17.7 Å². The third kappa shape index (κ3) is 6.45. The van der Waals surface area contributed by atoms with Crippen LogP contribution in [0.3, 0.4) is 0 Å². The van der Waals surface area contributed by atoms with E-state index in [2.05, 4.69) is 15.6 Å². The molecular formula is C22H25FN4O3S. The van der Waals surface area contributed by atoms with E-state index < -0.39 is 5.82 Å². The molecule has 1 aliphatic rings. The lowest BCUT2D eigenvalue weighted by molar-refractivity contribution is -0.122. The largest absolute Gasteiger partial charge is 0.353 e. The van der Waals surface area contributed by atoms with E-state index >= 15 is 0 Å². The van der Waals surface area contributed by atoms with E-state index in [0.29, 0.717) is 10.8 Å². The van der Waals surface area contributed by atoms with Crippen molar-refractivity contribution < 1.29 is 18.8 Å². The number of anilines is 2. The van der Waals surface area contributed by atoms with Crippen molar-refractivity contribution in [2.24, 2.45) is 0 Å². The first-order chi connectivity index (χ1) is 14.9. The minimum Gasteiger partial charge on any atom is -0.353 e. The zero-order valence-electron chi connectivity index (χ0n) is 17.3. The average molecular weight is 445 g/mol. The second kappa shape index (κ2) is 10.8. The minimum absolute atomic E-state index is 0.0576. The van der Waals surface area contributed by atoms with Crippen molar-refractivity contribution in [1.82, 2.24) is 15.6 Å². The molecule has 1 aromatic heterocycles. The number of carbonyl (C=O) groups is 3. The molecule has 2 N–H and O–H groups in total. The zero-order chi connectivity index (χ0) is 22.2. The number of thiazole rings is 1. The van der Waals surface area contributed by atoms with Crippen LogP contribution >= 0.6 is 11.3 Å². The third-order valence-corrected chi connectivity index (χ3v) is 5.73. The van der Waals surface area contributed by atoms with E-state index in [1.807, 2.05) is 0 Å². The maximum Gasteiger partial charge on any atom is 0.244 e. The predicted octanol–water partition coefficient (Wildman–Crippen LogP) is 3.55. The van der Waals surface area contributed by atoms with E-state index in [9.17, 15) is 18.8 Å². The molecule has 1 saturated carbocycles. The van der Waals surface area contributed by atoms with Crippen LogP contribution in [0.15, 0.2) is 35.7 Å². The molecule has 1 aromatic carbocycles. The second-order valence-corrected chi connectivity index (χ2v) is 8.12. The minimum atomic E-state index is -0.527. The van der Waals surface area contributed by atoms with Gasteiger partial charge in [-0.2, -0.15) is 0 Å². The normalized spacial score (nSPS) is 14.0. The van der Waals surface area contributed by atoms with Crippen LogP contribution in [0.4, 0.5) is 15.2 Å². The Bertz CT molecular complexity index is 969. The topological polar surface area (TPSA) is 91.4 Å². The standard InChI is InChI=1S/C22H25FN4O3S/c1-15(28)27(19-9-5-4-8-18(19)23)22-26-17(14-31-22)10-11-20(29)24-13-12-21(30)25-16-6-2-3-7-16/h4-5,8-11,14,16H,2-3,6-7,12-13H2,1H3,(H,24,29)(H,25,30). The molecule has 0 unspecified atom stereocenters. The van der Waals surface area contributed by atoms with Crippen LogP contribution in [0.5, 0.6) is 0 Å². The second-order valence-electron chi connectivity index (χ2n) is 7.28. The molecule has 0 bridgehead atoms. The van der Waals surface area contributed by atoms with Crippen molar-refractivity contribution in [2.45, 2.75) is 45.1 Å². The number of hydrogen-bond donors (Lipinski definition) is 2. The number of aromatic nitrogens is 1. The van der Waals surface area contributed by atoms with Gasteiger partial charge in [-0.3, -0.25) is 19.3 Å². The summed E-state index contributed by atoms with van der Waals surface area (Å²) >= 11 is 1.17. The Labute approximate surface area is 184 Å². The fraction of sp³-hybridized carbons (Fsp3) is 0.364. The predicted molar refractivity (Wildman–Crippen MR) is 118 cm³/mol. The quantitative estimate of drug-likeness (QED) is 0.609. The van der Waals surface area contributed by atoms with Crippen molar-refractivity contribution in [3.63, 3.8) is 0 Å². The van der Waals surface area contributed by atoms with Crippen LogP contribution in [0.25, 0.3) is 6.08 Å². The lowest BCUT2D eigenvalue weighted by atomic mass is 10.2. The fourth-order valence-electron chi connectivity index (χ4n) is 3.39. The molecule has 2 aromatic rings. The molecule has 31 heavy (non-hydrogen) atoms. The van der Waals surface area contributed by atoms with Crippen molar-refractivity contribution in [1.29, 1.82) is 0 Å². The molecule has 0 saturated heterocycles. The summed E-state index contributed by atoms with van der Waals surface area (Å²) in [6, 6.07) is 6.23. The fourth-order valence-corrected chi connectivity index (χ4v) is 4.23. The van der Waals surface area contributed by atoms with Gasteiger partial charge in [-0.05, 0) is 31.1 Å². The van der Waals surface area contributed by atoms with Crippen molar-refractivity contribution in [3.8, 4) is 0 Å². The average Bonchev–Trinajstić information content (AvgIpc) is 3.40. The summed E-state index contributed by atoms with van der Waals surface area (Å²) in [5, 5.41) is 7.62. The van der Waals surface area contributed by atoms with Gasteiger partial charge >= 0.3 is 0 Å². The van der Waals surface area contributed by atoms with Gasteiger partial charge in [-0.25, -0.2) is 9.37 Å². The number of para-hydroxylation sites is 1. The van der Waals surface area contributed by atoms with Crippen molar-refractivity contribution in [3.05, 3.63) is 47.2 Å². The summed E-state index contributed by atoms with van der Waals surface area (Å²) in [5.74, 6) is -1.30. The van der Waals surface area contributed by atoms with E-state index in [1.165, 1.54) is 47.4 Å². The molecule has 164 valence electrons. The molecular weight excluding hydrogens is 419 g/mol. The Morgan fingerprint density at radius 2 is 2.00 bits per heavy atom. The molecule has 9 heteroatoms. The number of amides is 3. The Morgan fingerprint density at radius 3 is 2.71 bits per heavy atom. The van der Waals surface area contributed by atoms with Gasteiger partial charge in [-0.1, -0.05) is 25.0 Å². The molecule has 0 radical (unpaired) electrons. The Balaban J connectivity index is 1.52. The molecule has 3 amide bonds. The lowest BCUT2D eigenvalue weighted by Gasteiger charge is -2.18. The molecule has 0 spiro atoms. The number of carbonyl (C=O) groups excluding carboxylic acids is 3. The van der Waals surface area contributed by atoms with Crippen LogP contribution in [0, 0.1) is 5.82 Å². The van der Waals surface area contributed by atoms with Crippen LogP contribution in [-0.4, -0.2) is 35.3 Å². The van der Waals surface area contributed by atoms with Crippen LogP contribution in [0.1, 0.15) is 44.7 Å².